The fraction of sp³-hybridized carbons (Fsp3) is 0.554. The number of phenolic OH excluding ortho intramolecular Hbond substituents is 2. The van der Waals surface area contributed by atoms with Gasteiger partial charge in [0, 0.05) is 57.1 Å². The summed E-state index contributed by atoms with van der Waals surface area (Å²) in [6, 6.07) is -4.24. The lowest BCUT2D eigenvalue weighted by Gasteiger charge is -2.30. The van der Waals surface area contributed by atoms with Crippen LogP contribution in [0.25, 0.3) is 0 Å². The Morgan fingerprint density at radius 3 is 1.32 bits per heavy atom. The van der Waals surface area contributed by atoms with Crippen LogP contribution in [0.3, 0.4) is 0 Å². The van der Waals surface area contributed by atoms with E-state index in [0.29, 0.717) is 49.2 Å². The molecule has 1 fully saturated rings. The minimum absolute atomic E-state index is 0.0785. The molecule has 47 heteroatoms. The second-order valence-corrected chi connectivity index (χ2v) is 33.4. The molecule has 0 aromatic heterocycles. The summed E-state index contributed by atoms with van der Waals surface area (Å²) < 4.78 is 0. The molecule has 1 aliphatic heterocycles. The number of phenols is 2. The molecule has 0 saturated carbocycles. The van der Waals surface area contributed by atoms with Gasteiger partial charge in [-0.3, -0.25) is 91.1 Å². The van der Waals surface area contributed by atoms with Gasteiger partial charge in [-0.15, -0.1) is 11.8 Å². The van der Waals surface area contributed by atoms with Crippen LogP contribution >= 0.6 is 23.5 Å². The largest absolute Gasteiger partial charge is 0.508 e. The van der Waals surface area contributed by atoms with Crippen molar-refractivity contribution in [3.05, 3.63) is 95.6 Å². The molecule has 0 aliphatic carbocycles. The summed E-state index contributed by atoms with van der Waals surface area (Å²) in [7, 11) is 0. The molecule has 0 unspecified atom stereocenters. The topological polar surface area (TPSA) is 716 Å². The fourth-order valence-electron chi connectivity index (χ4n) is 12.8. The molecule has 45 nitrogen and oxygen atoms in total. The third-order valence-electron chi connectivity index (χ3n) is 20.1. The third kappa shape index (κ3) is 40.1. The molecule has 3 aromatic carbocycles. The van der Waals surface area contributed by atoms with Gasteiger partial charge in [0.2, 0.25) is 88.6 Å². The van der Waals surface area contributed by atoms with Gasteiger partial charge >= 0.3 is 17.9 Å². The van der Waals surface area contributed by atoms with Crippen molar-refractivity contribution in [1.29, 1.82) is 0 Å². The minimum Gasteiger partial charge on any atom is -0.508 e. The predicted molar refractivity (Wildman–Crippen MR) is 468 cm³/mol. The van der Waals surface area contributed by atoms with E-state index in [9.17, 15) is 137 Å². The molecule has 3 aromatic rings. The first-order valence-corrected chi connectivity index (χ1v) is 44.1. The number of aromatic hydroxyl groups is 2. The maximum Gasteiger partial charge on any atom is 0.305 e. The average Bonchev–Trinajstić information content (AvgIpc) is 1.82. The zero-order valence-corrected chi connectivity index (χ0v) is 74.6. The van der Waals surface area contributed by atoms with E-state index in [-0.39, 0.29) is 72.1 Å². The van der Waals surface area contributed by atoms with Gasteiger partial charge in [0.15, 0.2) is 0 Å². The fourth-order valence-corrected chi connectivity index (χ4v) is 14.3. The van der Waals surface area contributed by atoms with E-state index in [1.807, 2.05) is 0 Å². The molecular formula is C83H121N17O28S2. The Balaban J connectivity index is 1.53. The second-order valence-electron chi connectivity index (χ2n) is 31.4. The summed E-state index contributed by atoms with van der Waals surface area (Å²) in [6.07, 6.45) is -6.34. The molecule has 0 radical (unpaired) electrons. The molecule has 1 aliphatic rings. The summed E-state index contributed by atoms with van der Waals surface area (Å²) in [6.45, 7) is 8.18. The highest BCUT2D eigenvalue weighted by Crippen LogP contribution is 2.20. The molecule has 4 rings (SSSR count). The maximum absolute atomic E-state index is 14.7. The van der Waals surface area contributed by atoms with E-state index in [0.717, 1.165) is 37.4 Å². The number of benzene rings is 3. The number of hydrogen-bond donors (Lipinski definition) is 25. The summed E-state index contributed by atoms with van der Waals surface area (Å²) >= 11 is 2.01. The van der Waals surface area contributed by atoms with E-state index in [1.165, 1.54) is 67.6 Å². The summed E-state index contributed by atoms with van der Waals surface area (Å²) in [5, 5.41) is 128. The molecule has 0 spiro atoms. The molecule has 26 N–H and O–H groups in total. The van der Waals surface area contributed by atoms with Crippen LogP contribution in [-0.2, 0) is 106 Å². The number of nitrogens with one attached hydrogen (secondary N) is 15. The zero-order chi connectivity index (χ0) is 97.0. The van der Waals surface area contributed by atoms with Crippen LogP contribution in [0.15, 0.2) is 78.9 Å². The quantitative estimate of drug-likeness (QED) is 0.0234. The molecule has 0 bridgehead atoms. The number of nitrogens with two attached hydrogens (primary N) is 1. The number of carboxylic acid groups (broad SMARTS) is 3. The van der Waals surface area contributed by atoms with Crippen LogP contribution in [0.1, 0.15) is 123 Å². The van der Waals surface area contributed by atoms with Gasteiger partial charge < -0.3 is 136 Å². The lowest BCUT2D eigenvalue weighted by molar-refractivity contribution is -0.142. The highest BCUT2D eigenvalue weighted by Gasteiger charge is 2.40. The standard InChI is InChI=1S/C83H121N17O28S2/c1-8-44(4)68(80(125)93-56(35-50-19-23-52(106)24-20-50)74(119)89-54(32-43(2)3)73(118)91-58(36-66(112)113)72(117)87-45(5)14-12-13-27-84)98-79(124)61(40-102)95-75(120)55(34-49-17-21-51(105)22-18-49)90-76(121)59(37-67(114)115)92-78(123)60(39-101)96-82(127)70(47(7)104)99-77(122)57(33-48-15-10-9-11-16-48)94-81(126)69(46(6)103)97-62(107)38-86-71(116)53(25-26-65(110)111)88-64(109)42-129-41-63(108)85-28-29-100-30-31-130-83(100)128/h9-11,15-24,43-47,53-61,68-70,101-106H,8,12-14,25-42,84H2,1-7H3,(H,85,108)(H,86,116)(H,87,117)(H,88,109)(H,89,119)(H,90,121)(H,91,118)(H,92,123)(H,93,125)(H,94,126)(H,95,120)(H,96,127)(H,97,107)(H,98,124)(H,99,122)(H,110,111)(H,112,113)(H,114,115)/t44-,45+,46+,47+,53-,54-,55-,56-,57-,58-,59-,60-,61-,68-,69-,70-/m0/s1. The molecule has 16 amide bonds. The van der Waals surface area contributed by atoms with Gasteiger partial charge in [0.25, 0.3) is 5.24 Å². The van der Waals surface area contributed by atoms with Gasteiger partial charge in [0.1, 0.15) is 84.0 Å². The predicted octanol–water partition coefficient (Wildman–Crippen LogP) is -5.64. The second kappa shape index (κ2) is 56.9. The number of carboxylic acids is 3. The SMILES string of the molecule is CC[C@H](C)[C@H](NC(=O)[C@H](CO)NC(=O)[C@H](Cc1ccc(O)cc1)NC(=O)[C@H](CC(=O)O)NC(=O)[C@H](CO)NC(=O)[C@@H](NC(=O)[C@H](Cc1ccccc1)NC(=O)[C@@H](NC(=O)CNC(=O)[C@H](CCC(=O)O)NC(=O)CSCC(=O)NCCN1CCSC1=O)[C@@H](C)O)[C@@H](C)O)C(=O)N[C@@H](Cc1ccc(O)cc1)C(=O)N[C@@H](CC(C)C)C(=O)N[C@@H](CC(=O)O)C(=O)N[C@H](C)CCCCN. The summed E-state index contributed by atoms with van der Waals surface area (Å²) in [4.78, 5) is 258. The molecule has 16 atom stereocenters. The Kier molecular flexibility index (Phi) is 48.1. The highest BCUT2D eigenvalue weighted by atomic mass is 32.2. The molecule has 1 heterocycles. The third-order valence-corrected chi connectivity index (χ3v) is 21.9. The van der Waals surface area contributed by atoms with E-state index < -0.39 is 261 Å². The van der Waals surface area contributed by atoms with Gasteiger partial charge in [-0.25, -0.2) is 0 Å². The van der Waals surface area contributed by atoms with Crippen molar-refractivity contribution in [1.82, 2.24) is 84.7 Å². The van der Waals surface area contributed by atoms with Crippen LogP contribution < -0.4 is 85.5 Å². The number of aliphatic hydroxyl groups excluding tert-OH is 4. The number of thioether (sulfide) groups is 2. The van der Waals surface area contributed by atoms with Crippen molar-refractivity contribution in [2.75, 3.05) is 63.2 Å². The number of hydrogen-bond acceptors (Lipinski definition) is 28. The highest BCUT2D eigenvalue weighted by molar-refractivity contribution is 8.13. The van der Waals surface area contributed by atoms with Gasteiger partial charge in [-0.05, 0) is 106 Å². The zero-order valence-electron chi connectivity index (χ0n) is 73.0. The van der Waals surface area contributed by atoms with Crippen LogP contribution in [0.5, 0.6) is 11.5 Å². The van der Waals surface area contributed by atoms with E-state index >= 15 is 0 Å². The van der Waals surface area contributed by atoms with Crippen LogP contribution in [0, 0.1) is 11.8 Å². The van der Waals surface area contributed by atoms with Crippen molar-refractivity contribution in [3.63, 3.8) is 0 Å². The number of aliphatic hydroxyl groups is 4. The molecule has 130 heavy (non-hydrogen) atoms. The Bertz CT molecular complexity index is 4350. The van der Waals surface area contributed by atoms with Crippen molar-refractivity contribution in [2.45, 2.75) is 216 Å². The van der Waals surface area contributed by atoms with Gasteiger partial charge in [-0.1, -0.05) is 107 Å². The molecule has 718 valence electrons. The van der Waals surface area contributed by atoms with Crippen molar-refractivity contribution >= 4 is 135 Å². The molecule has 1 saturated heterocycles. The Morgan fingerprint density at radius 2 is 0.854 bits per heavy atom. The Labute approximate surface area is 757 Å². The lowest BCUT2D eigenvalue weighted by Crippen LogP contribution is -2.63. The average molecular weight is 1870 g/mol. The Hall–Kier alpha value is -12.3. The number of amides is 16. The number of nitrogens with zero attached hydrogens (tertiary/aromatic N) is 1. The minimum atomic E-state index is -2.23. The molecular weight excluding hydrogens is 1750 g/mol. The number of carbonyl (C=O) groups is 19. The van der Waals surface area contributed by atoms with Crippen molar-refractivity contribution in [2.24, 2.45) is 17.6 Å². The van der Waals surface area contributed by atoms with Gasteiger partial charge in [-0.2, -0.15) is 0 Å². The van der Waals surface area contributed by atoms with Crippen molar-refractivity contribution < 1.29 is 137 Å². The summed E-state index contributed by atoms with van der Waals surface area (Å²) in [5.41, 5.74) is 6.49. The normalized spacial score (nSPS) is 15.5. The van der Waals surface area contributed by atoms with E-state index in [1.54, 1.807) is 50.8 Å². The first-order valence-electron chi connectivity index (χ1n) is 42.0. The van der Waals surface area contributed by atoms with Crippen LogP contribution in [0.4, 0.5) is 4.79 Å². The van der Waals surface area contributed by atoms with E-state index in [2.05, 4.69) is 79.8 Å². The maximum atomic E-state index is 14.7. The number of aliphatic carboxylic acids is 3. The van der Waals surface area contributed by atoms with Crippen LogP contribution in [-0.4, -0.2) is 317 Å². The van der Waals surface area contributed by atoms with Crippen LogP contribution in [0.2, 0.25) is 0 Å². The number of unbranched alkanes of at least 4 members (excludes halogenated alkanes) is 1. The van der Waals surface area contributed by atoms with Crippen molar-refractivity contribution in [3.8, 4) is 11.5 Å². The first kappa shape index (κ1) is 110. The van der Waals surface area contributed by atoms with E-state index in [4.69, 9.17) is 5.73 Å². The summed E-state index contributed by atoms with van der Waals surface area (Å²) in [5.74, 6) is -22.7. The number of carbonyl (C=O) groups excluding carboxylic acids is 16. The first-order chi connectivity index (χ1) is 61.4. The smallest absolute Gasteiger partial charge is 0.305 e. The van der Waals surface area contributed by atoms with Gasteiger partial charge in [0.05, 0.1) is 56.3 Å². The lowest BCUT2D eigenvalue weighted by atomic mass is 9.96. The monoisotopic (exact) mass is 1870 g/mol. The Morgan fingerprint density at radius 1 is 0.438 bits per heavy atom. The number of rotatable bonds is 59.